The van der Waals surface area contributed by atoms with Crippen LogP contribution in [0.4, 0.5) is 4.39 Å². The van der Waals surface area contributed by atoms with Crippen molar-refractivity contribution in [3.05, 3.63) is 30.1 Å². The fourth-order valence-corrected chi connectivity index (χ4v) is 2.88. The van der Waals surface area contributed by atoms with Gasteiger partial charge < -0.3 is 0 Å². The van der Waals surface area contributed by atoms with Crippen molar-refractivity contribution in [3.8, 4) is 6.07 Å². The Morgan fingerprint density at radius 1 is 1.47 bits per heavy atom. The number of hydrogen-bond acceptors (Lipinski definition) is 3. The summed E-state index contributed by atoms with van der Waals surface area (Å²) < 4.78 is 38.3. The molecular formula is C11H13FN2O2S. The first-order valence-electron chi connectivity index (χ1n) is 5.15. The van der Waals surface area contributed by atoms with Gasteiger partial charge in [0.2, 0.25) is 10.0 Å². The average molecular weight is 256 g/mol. The molecule has 0 spiro atoms. The predicted octanol–water partition coefficient (Wildman–Crippen LogP) is 1.75. The van der Waals surface area contributed by atoms with Crippen LogP contribution < -0.4 is 0 Å². The number of nitrogens with zero attached hydrogens (tertiary/aromatic N) is 2. The molecule has 0 saturated carbocycles. The molecule has 0 amide bonds. The lowest BCUT2D eigenvalue weighted by molar-refractivity contribution is 0.434. The van der Waals surface area contributed by atoms with Crippen LogP contribution in [0.5, 0.6) is 0 Å². The van der Waals surface area contributed by atoms with Crippen molar-refractivity contribution in [2.45, 2.75) is 18.2 Å². The van der Waals surface area contributed by atoms with Gasteiger partial charge in [0.25, 0.3) is 0 Å². The second-order valence-corrected chi connectivity index (χ2v) is 5.30. The first-order valence-corrected chi connectivity index (χ1v) is 6.59. The SMILES string of the molecule is CCN(CCC#N)S(=O)(=O)c1cccc(F)c1. The number of nitriles is 1. The quantitative estimate of drug-likeness (QED) is 0.806. The Balaban J connectivity index is 3.05. The van der Waals surface area contributed by atoms with Gasteiger partial charge in [0.1, 0.15) is 5.82 Å². The Labute approximate surface area is 100 Å². The lowest BCUT2D eigenvalue weighted by Gasteiger charge is -2.19. The van der Waals surface area contributed by atoms with Gasteiger partial charge in [-0.2, -0.15) is 9.57 Å². The van der Waals surface area contributed by atoms with E-state index in [0.29, 0.717) is 0 Å². The van der Waals surface area contributed by atoms with E-state index in [1.54, 1.807) is 6.92 Å². The molecule has 0 aliphatic heterocycles. The molecule has 0 unspecified atom stereocenters. The standard InChI is InChI=1S/C11H13FN2O2S/c1-2-14(8-4-7-13)17(15,16)11-6-3-5-10(12)9-11/h3,5-6,9H,2,4,8H2,1H3. The molecule has 0 aliphatic rings. The van der Waals surface area contributed by atoms with Crippen LogP contribution >= 0.6 is 0 Å². The molecule has 1 aromatic rings. The molecule has 0 saturated heterocycles. The third-order valence-electron chi connectivity index (χ3n) is 2.26. The Bertz CT molecular complexity index is 523. The predicted molar refractivity (Wildman–Crippen MR) is 61.1 cm³/mol. The minimum atomic E-state index is -3.70. The topological polar surface area (TPSA) is 61.2 Å². The van der Waals surface area contributed by atoms with E-state index in [1.165, 1.54) is 18.2 Å². The lowest BCUT2D eigenvalue weighted by atomic mass is 10.4. The van der Waals surface area contributed by atoms with E-state index in [4.69, 9.17) is 5.26 Å². The van der Waals surface area contributed by atoms with Gasteiger partial charge in [-0.1, -0.05) is 13.0 Å². The van der Waals surface area contributed by atoms with Gasteiger partial charge in [-0.05, 0) is 18.2 Å². The second-order valence-electron chi connectivity index (χ2n) is 3.36. The zero-order valence-electron chi connectivity index (χ0n) is 9.43. The summed E-state index contributed by atoms with van der Waals surface area (Å²) in [5.74, 6) is -0.595. The molecule has 0 atom stereocenters. The molecule has 17 heavy (non-hydrogen) atoms. The smallest absolute Gasteiger partial charge is 0.207 e. The lowest BCUT2D eigenvalue weighted by Crippen LogP contribution is -2.31. The summed E-state index contributed by atoms with van der Waals surface area (Å²) in [5, 5.41) is 8.46. The molecule has 1 aromatic carbocycles. The number of rotatable bonds is 5. The van der Waals surface area contributed by atoms with Crippen molar-refractivity contribution in [1.82, 2.24) is 4.31 Å². The number of halogens is 1. The Morgan fingerprint density at radius 2 is 2.18 bits per heavy atom. The van der Waals surface area contributed by atoms with Crippen molar-refractivity contribution in [2.75, 3.05) is 13.1 Å². The van der Waals surface area contributed by atoms with Crippen LogP contribution in [-0.4, -0.2) is 25.8 Å². The van der Waals surface area contributed by atoms with E-state index in [0.717, 1.165) is 10.4 Å². The minimum Gasteiger partial charge on any atom is -0.207 e. The highest BCUT2D eigenvalue weighted by molar-refractivity contribution is 7.89. The molecule has 4 nitrogen and oxygen atoms in total. The van der Waals surface area contributed by atoms with Gasteiger partial charge in [-0.25, -0.2) is 12.8 Å². The monoisotopic (exact) mass is 256 g/mol. The highest BCUT2D eigenvalue weighted by Crippen LogP contribution is 2.16. The largest absolute Gasteiger partial charge is 0.243 e. The summed E-state index contributed by atoms with van der Waals surface area (Å²) in [6, 6.07) is 6.74. The Morgan fingerprint density at radius 3 is 2.71 bits per heavy atom. The van der Waals surface area contributed by atoms with Gasteiger partial charge in [0.05, 0.1) is 11.0 Å². The molecule has 0 aliphatic carbocycles. The third kappa shape index (κ3) is 3.25. The summed E-state index contributed by atoms with van der Waals surface area (Å²) in [4.78, 5) is -0.0858. The van der Waals surface area contributed by atoms with Gasteiger partial charge in [-0.3, -0.25) is 0 Å². The van der Waals surface area contributed by atoms with Crippen LogP contribution in [-0.2, 0) is 10.0 Å². The van der Waals surface area contributed by atoms with Crippen LogP contribution in [0.25, 0.3) is 0 Å². The third-order valence-corrected chi connectivity index (χ3v) is 4.23. The van der Waals surface area contributed by atoms with E-state index >= 15 is 0 Å². The molecule has 1 rings (SSSR count). The van der Waals surface area contributed by atoms with E-state index in [-0.39, 0.29) is 24.4 Å². The highest BCUT2D eigenvalue weighted by atomic mass is 32.2. The maximum absolute atomic E-state index is 13.0. The second kappa shape index (κ2) is 5.75. The van der Waals surface area contributed by atoms with E-state index in [9.17, 15) is 12.8 Å². The first kappa shape index (κ1) is 13.6. The van der Waals surface area contributed by atoms with Crippen LogP contribution in [0.15, 0.2) is 29.2 Å². The van der Waals surface area contributed by atoms with E-state index in [1.807, 2.05) is 6.07 Å². The molecule has 92 valence electrons. The van der Waals surface area contributed by atoms with E-state index < -0.39 is 15.8 Å². The van der Waals surface area contributed by atoms with Crippen molar-refractivity contribution < 1.29 is 12.8 Å². The molecule has 0 bridgehead atoms. The summed E-state index contributed by atoms with van der Waals surface area (Å²) in [6.07, 6.45) is 0.113. The maximum Gasteiger partial charge on any atom is 0.243 e. The molecule has 0 heterocycles. The average Bonchev–Trinajstić information content (AvgIpc) is 2.30. The fourth-order valence-electron chi connectivity index (χ4n) is 1.40. The maximum atomic E-state index is 13.0. The molecule has 0 N–H and O–H groups in total. The van der Waals surface area contributed by atoms with Gasteiger partial charge in [0.15, 0.2) is 0 Å². The van der Waals surface area contributed by atoms with Crippen LogP contribution in [0.1, 0.15) is 13.3 Å². The van der Waals surface area contributed by atoms with Crippen molar-refractivity contribution >= 4 is 10.0 Å². The number of benzene rings is 1. The highest BCUT2D eigenvalue weighted by Gasteiger charge is 2.22. The summed E-state index contributed by atoms with van der Waals surface area (Å²) in [6.45, 7) is 2.04. The zero-order chi connectivity index (χ0) is 12.9. The summed E-state index contributed by atoms with van der Waals surface area (Å²) >= 11 is 0. The van der Waals surface area contributed by atoms with Gasteiger partial charge >= 0.3 is 0 Å². The van der Waals surface area contributed by atoms with Crippen molar-refractivity contribution in [3.63, 3.8) is 0 Å². The minimum absolute atomic E-state index is 0.0858. The molecular weight excluding hydrogens is 243 g/mol. The number of sulfonamides is 1. The van der Waals surface area contributed by atoms with Crippen LogP contribution in [0.2, 0.25) is 0 Å². The summed E-state index contributed by atoms with van der Waals surface area (Å²) in [5.41, 5.74) is 0. The van der Waals surface area contributed by atoms with E-state index in [2.05, 4.69) is 0 Å². The van der Waals surface area contributed by atoms with Crippen LogP contribution in [0.3, 0.4) is 0 Å². The van der Waals surface area contributed by atoms with Gasteiger partial charge in [-0.15, -0.1) is 0 Å². The number of hydrogen-bond donors (Lipinski definition) is 0. The first-order chi connectivity index (χ1) is 8.02. The Kier molecular flexibility index (Phi) is 4.61. The van der Waals surface area contributed by atoms with Crippen molar-refractivity contribution in [1.29, 1.82) is 5.26 Å². The molecule has 0 radical (unpaired) electrons. The summed E-state index contributed by atoms with van der Waals surface area (Å²) in [7, 11) is -3.70. The van der Waals surface area contributed by atoms with Gasteiger partial charge in [0, 0.05) is 19.5 Å². The van der Waals surface area contributed by atoms with Crippen LogP contribution in [0, 0.1) is 17.1 Å². The van der Waals surface area contributed by atoms with Crippen molar-refractivity contribution in [2.24, 2.45) is 0 Å². The molecule has 0 aromatic heterocycles. The molecule has 6 heteroatoms. The normalized spacial score (nSPS) is 11.4. The zero-order valence-corrected chi connectivity index (χ0v) is 10.2. The Hall–Kier alpha value is -1.45. The fraction of sp³-hybridized carbons (Fsp3) is 0.364. The molecule has 0 fully saturated rings.